The zero-order valence-corrected chi connectivity index (χ0v) is 22.6. The molecular weight excluding hydrogens is 473 g/mol. The van der Waals surface area contributed by atoms with E-state index in [4.69, 9.17) is 4.74 Å². The van der Waals surface area contributed by atoms with E-state index in [1.807, 2.05) is 44.2 Å². The van der Waals surface area contributed by atoms with Gasteiger partial charge in [-0.25, -0.2) is 4.79 Å². The quantitative estimate of drug-likeness (QED) is 0.255. The van der Waals surface area contributed by atoms with Gasteiger partial charge >= 0.3 is 13.2 Å². The minimum atomic E-state index is -1.72. The molecule has 206 valence electrons. The number of alkyl carbamates (subject to hydrolysis) is 1. The van der Waals surface area contributed by atoms with Gasteiger partial charge in [0.2, 0.25) is 11.8 Å². The van der Waals surface area contributed by atoms with Crippen LogP contribution in [0.2, 0.25) is 0 Å². The lowest BCUT2D eigenvalue weighted by molar-refractivity contribution is -0.131. The highest BCUT2D eigenvalue weighted by Crippen LogP contribution is 2.27. The average Bonchev–Trinajstić information content (AvgIpc) is 2.85. The van der Waals surface area contributed by atoms with Gasteiger partial charge in [0.15, 0.2) is 0 Å². The molecule has 0 aromatic heterocycles. The third-order valence-corrected chi connectivity index (χ3v) is 6.80. The summed E-state index contributed by atoms with van der Waals surface area (Å²) < 4.78 is 5.36. The molecule has 2 rings (SSSR count). The molecule has 1 aliphatic carbocycles. The average molecular weight is 517 g/mol. The molecule has 3 amide bonds. The molecule has 5 N–H and O–H groups in total. The van der Waals surface area contributed by atoms with Crippen molar-refractivity contribution in [3.8, 4) is 0 Å². The molecule has 1 fully saturated rings. The summed E-state index contributed by atoms with van der Waals surface area (Å²) in [5, 5.41) is 27.5. The Morgan fingerprint density at radius 1 is 0.919 bits per heavy atom. The standard InChI is InChI=1S/C27H44BN3O6/c1-18(2)15-22(26(33)31-24(19(3)4)28(35)36)29-25(32)23(16-20-11-7-5-8-12-20)30-27(34)37-17-21-13-9-6-10-14-21/h6,9-10,13-14,18-20,22-24,35-36H,5,7-8,11-12,15-17H2,1-4H3,(H,29,32)(H,30,34)(H,31,33)/t22-,23-,24-/m0/s1. The summed E-state index contributed by atoms with van der Waals surface area (Å²) in [7, 11) is -1.72. The summed E-state index contributed by atoms with van der Waals surface area (Å²) in [5.74, 6) is -1.65. The normalized spacial score (nSPS) is 16.5. The van der Waals surface area contributed by atoms with Crippen LogP contribution in [0.3, 0.4) is 0 Å². The first kappa shape index (κ1) is 30.6. The van der Waals surface area contributed by atoms with E-state index in [2.05, 4.69) is 16.0 Å². The number of carbonyl (C=O) groups is 3. The highest BCUT2D eigenvalue weighted by Gasteiger charge is 2.34. The molecule has 0 saturated heterocycles. The third kappa shape index (κ3) is 11.1. The van der Waals surface area contributed by atoms with Crippen LogP contribution in [0, 0.1) is 17.8 Å². The van der Waals surface area contributed by atoms with E-state index in [0.29, 0.717) is 18.8 Å². The minimum Gasteiger partial charge on any atom is -0.445 e. The lowest BCUT2D eigenvalue weighted by atomic mass is 9.73. The van der Waals surface area contributed by atoms with Gasteiger partial charge in [-0.15, -0.1) is 0 Å². The van der Waals surface area contributed by atoms with Gasteiger partial charge < -0.3 is 30.7 Å². The Morgan fingerprint density at radius 2 is 1.54 bits per heavy atom. The smallest absolute Gasteiger partial charge is 0.445 e. The van der Waals surface area contributed by atoms with Gasteiger partial charge in [0.1, 0.15) is 18.7 Å². The fourth-order valence-electron chi connectivity index (χ4n) is 4.72. The van der Waals surface area contributed by atoms with Crippen LogP contribution in [-0.4, -0.2) is 53.1 Å². The van der Waals surface area contributed by atoms with E-state index in [1.54, 1.807) is 13.8 Å². The summed E-state index contributed by atoms with van der Waals surface area (Å²) >= 11 is 0. The lowest BCUT2D eigenvalue weighted by Gasteiger charge is -2.29. The van der Waals surface area contributed by atoms with Crippen molar-refractivity contribution in [2.45, 2.75) is 97.3 Å². The van der Waals surface area contributed by atoms with E-state index in [0.717, 1.165) is 31.2 Å². The molecule has 37 heavy (non-hydrogen) atoms. The number of nitrogens with one attached hydrogen (secondary N) is 3. The second-order valence-electron chi connectivity index (χ2n) is 10.9. The molecular formula is C27H44BN3O6. The minimum absolute atomic E-state index is 0.0862. The van der Waals surface area contributed by atoms with Crippen LogP contribution in [-0.2, 0) is 20.9 Å². The molecule has 1 aromatic carbocycles. The number of hydrogen-bond acceptors (Lipinski definition) is 6. The second-order valence-corrected chi connectivity index (χ2v) is 10.9. The summed E-state index contributed by atoms with van der Waals surface area (Å²) in [5.41, 5.74) is 0.838. The van der Waals surface area contributed by atoms with E-state index >= 15 is 0 Å². The van der Waals surface area contributed by atoms with Crippen molar-refractivity contribution in [2.24, 2.45) is 17.8 Å². The van der Waals surface area contributed by atoms with Gasteiger partial charge in [-0.05, 0) is 36.2 Å². The van der Waals surface area contributed by atoms with E-state index in [9.17, 15) is 24.4 Å². The molecule has 0 unspecified atom stereocenters. The molecule has 0 spiro atoms. The van der Waals surface area contributed by atoms with Crippen LogP contribution in [0.25, 0.3) is 0 Å². The Bertz CT molecular complexity index is 838. The first-order chi connectivity index (χ1) is 17.6. The van der Waals surface area contributed by atoms with E-state index in [-0.39, 0.29) is 18.4 Å². The van der Waals surface area contributed by atoms with Crippen LogP contribution >= 0.6 is 0 Å². The summed E-state index contributed by atoms with van der Waals surface area (Å²) in [6, 6.07) is 7.56. The Balaban J connectivity index is 2.11. The lowest BCUT2D eigenvalue weighted by Crippen LogP contribution is -2.58. The molecule has 1 saturated carbocycles. The maximum atomic E-state index is 13.4. The molecule has 1 aliphatic rings. The zero-order chi connectivity index (χ0) is 27.4. The SMILES string of the molecule is CC(C)C[C@H](NC(=O)[C@H](CC1CCCCC1)NC(=O)OCc1ccccc1)C(=O)N[C@H](B(O)O)C(C)C. The van der Waals surface area contributed by atoms with Crippen LogP contribution in [0.15, 0.2) is 30.3 Å². The van der Waals surface area contributed by atoms with Crippen molar-refractivity contribution >= 4 is 25.0 Å². The van der Waals surface area contributed by atoms with Crippen molar-refractivity contribution in [3.63, 3.8) is 0 Å². The molecule has 10 heteroatoms. The third-order valence-electron chi connectivity index (χ3n) is 6.80. The molecule has 1 aromatic rings. The van der Waals surface area contributed by atoms with Crippen molar-refractivity contribution < 1.29 is 29.2 Å². The largest absolute Gasteiger partial charge is 0.475 e. The van der Waals surface area contributed by atoms with Gasteiger partial charge in [-0.3, -0.25) is 9.59 Å². The number of hydrogen-bond donors (Lipinski definition) is 5. The number of carbonyl (C=O) groups excluding carboxylic acids is 3. The monoisotopic (exact) mass is 517 g/mol. The topological polar surface area (TPSA) is 137 Å². The molecule has 0 heterocycles. The molecule has 0 bridgehead atoms. The van der Waals surface area contributed by atoms with Crippen molar-refractivity contribution in [3.05, 3.63) is 35.9 Å². The Labute approximate surface area is 221 Å². The fourth-order valence-corrected chi connectivity index (χ4v) is 4.72. The molecule has 0 radical (unpaired) electrons. The predicted molar refractivity (Wildman–Crippen MR) is 143 cm³/mol. The molecule has 9 nitrogen and oxygen atoms in total. The first-order valence-electron chi connectivity index (χ1n) is 13.5. The van der Waals surface area contributed by atoms with Gasteiger partial charge in [-0.1, -0.05) is 90.1 Å². The number of rotatable bonds is 13. The van der Waals surface area contributed by atoms with Crippen molar-refractivity contribution in [2.75, 3.05) is 0 Å². The zero-order valence-electron chi connectivity index (χ0n) is 22.6. The van der Waals surface area contributed by atoms with E-state index < -0.39 is 43.1 Å². The number of amides is 3. The van der Waals surface area contributed by atoms with Crippen LogP contribution in [0.4, 0.5) is 4.79 Å². The van der Waals surface area contributed by atoms with E-state index in [1.165, 1.54) is 6.42 Å². The number of benzene rings is 1. The first-order valence-corrected chi connectivity index (χ1v) is 13.5. The van der Waals surface area contributed by atoms with Crippen LogP contribution in [0.1, 0.15) is 78.2 Å². The van der Waals surface area contributed by atoms with Gasteiger partial charge in [0, 0.05) is 0 Å². The van der Waals surface area contributed by atoms with Crippen LogP contribution in [0.5, 0.6) is 0 Å². The fraction of sp³-hybridized carbons (Fsp3) is 0.667. The summed E-state index contributed by atoms with van der Waals surface area (Å²) in [6.07, 6.45) is 5.48. The van der Waals surface area contributed by atoms with Gasteiger partial charge in [-0.2, -0.15) is 0 Å². The van der Waals surface area contributed by atoms with Crippen molar-refractivity contribution in [1.82, 2.24) is 16.0 Å². The van der Waals surface area contributed by atoms with Gasteiger partial charge in [0.25, 0.3) is 0 Å². The Kier molecular flexibility index (Phi) is 12.9. The second kappa shape index (κ2) is 15.6. The molecule has 3 atom stereocenters. The highest BCUT2D eigenvalue weighted by molar-refractivity contribution is 6.43. The van der Waals surface area contributed by atoms with Gasteiger partial charge in [0.05, 0.1) is 5.94 Å². The highest BCUT2D eigenvalue weighted by atomic mass is 16.5. The predicted octanol–water partition coefficient (Wildman–Crippen LogP) is 2.94. The maximum Gasteiger partial charge on any atom is 0.475 e. The molecule has 0 aliphatic heterocycles. The van der Waals surface area contributed by atoms with Crippen LogP contribution < -0.4 is 16.0 Å². The maximum absolute atomic E-state index is 13.4. The Morgan fingerprint density at radius 3 is 2.11 bits per heavy atom. The summed E-state index contributed by atoms with van der Waals surface area (Å²) in [4.78, 5) is 39.1. The van der Waals surface area contributed by atoms with Crippen molar-refractivity contribution in [1.29, 1.82) is 0 Å². The summed E-state index contributed by atoms with van der Waals surface area (Å²) in [6.45, 7) is 7.50. The number of ether oxygens (including phenoxy) is 1. The Hall–Kier alpha value is -2.59.